The van der Waals surface area contributed by atoms with Gasteiger partial charge in [0.15, 0.2) is 15.6 Å². The van der Waals surface area contributed by atoms with Gasteiger partial charge in [-0.1, -0.05) is 12.1 Å². The van der Waals surface area contributed by atoms with E-state index in [4.69, 9.17) is 4.74 Å². The van der Waals surface area contributed by atoms with Crippen LogP contribution in [0.15, 0.2) is 47.4 Å². The molecule has 9 nitrogen and oxygen atoms in total. The lowest BCUT2D eigenvalue weighted by Gasteiger charge is -2.27. The van der Waals surface area contributed by atoms with Crippen molar-refractivity contribution >= 4 is 33.3 Å². The van der Waals surface area contributed by atoms with Crippen LogP contribution in [0.2, 0.25) is 0 Å². The van der Waals surface area contributed by atoms with Gasteiger partial charge in [-0.3, -0.25) is 9.59 Å². The number of halogens is 4. The summed E-state index contributed by atoms with van der Waals surface area (Å²) >= 11 is 0. The van der Waals surface area contributed by atoms with E-state index in [1.165, 1.54) is 30.3 Å². The largest absolute Gasteiger partial charge is 0.444 e. The lowest BCUT2D eigenvalue weighted by Crippen LogP contribution is -2.51. The minimum absolute atomic E-state index is 0.0707. The first-order valence-electron chi connectivity index (χ1n) is 12.6. The molecular weight excluding hydrogens is 572 g/mol. The van der Waals surface area contributed by atoms with Gasteiger partial charge in [0.2, 0.25) is 0 Å². The molecule has 1 heterocycles. The number of fused-ring (bicyclic) bond motifs is 1. The molecule has 1 aliphatic carbocycles. The molecule has 1 N–H and O–H groups in total. The maximum absolute atomic E-state index is 13.8. The fraction of sp³-hybridized carbons (Fsp3) is 0.444. The van der Waals surface area contributed by atoms with Crippen molar-refractivity contribution in [3.05, 3.63) is 53.6 Å². The van der Waals surface area contributed by atoms with Crippen LogP contribution in [-0.2, 0) is 25.9 Å². The van der Waals surface area contributed by atoms with Crippen molar-refractivity contribution < 1.29 is 49.8 Å². The molecule has 222 valence electrons. The lowest BCUT2D eigenvalue weighted by molar-refractivity contribution is -0.120. The summed E-state index contributed by atoms with van der Waals surface area (Å²) in [6, 6.07) is 7.10. The smallest absolute Gasteiger partial charge is 0.408 e. The van der Waals surface area contributed by atoms with E-state index in [1.807, 2.05) is 0 Å². The number of ketones is 1. The van der Waals surface area contributed by atoms with Crippen molar-refractivity contribution in [2.45, 2.75) is 69.2 Å². The Bertz CT molecular complexity index is 1460. The molecule has 2 aromatic carbocycles. The topological polar surface area (TPSA) is 119 Å². The quantitative estimate of drug-likeness (QED) is 0.344. The van der Waals surface area contributed by atoms with E-state index < -0.39 is 76.3 Å². The number of amides is 2. The van der Waals surface area contributed by atoms with Crippen LogP contribution in [0, 0.1) is 5.92 Å². The summed E-state index contributed by atoms with van der Waals surface area (Å²) in [4.78, 5) is 39.8. The first-order valence-corrected chi connectivity index (χ1v) is 14.2. The monoisotopic (exact) mass is 600 g/mol. The highest BCUT2D eigenvalue weighted by molar-refractivity contribution is 7.91. The number of benzene rings is 2. The van der Waals surface area contributed by atoms with Crippen LogP contribution < -0.4 is 15.0 Å². The van der Waals surface area contributed by atoms with Crippen LogP contribution in [0.3, 0.4) is 0 Å². The van der Waals surface area contributed by atoms with Crippen molar-refractivity contribution in [1.29, 1.82) is 0 Å². The van der Waals surface area contributed by atoms with Gasteiger partial charge >= 0.3 is 12.7 Å². The molecule has 2 amide bonds. The van der Waals surface area contributed by atoms with Crippen LogP contribution in [0.1, 0.15) is 49.5 Å². The Morgan fingerprint density at radius 2 is 1.76 bits per heavy atom. The average Bonchev–Trinajstić information content (AvgIpc) is 3.46. The Hall–Kier alpha value is -3.68. The molecule has 0 saturated heterocycles. The van der Waals surface area contributed by atoms with Crippen molar-refractivity contribution in [3.8, 4) is 5.75 Å². The molecule has 2 aliphatic rings. The number of sulfone groups is 1. The average molecular weight is 601 g/mol. The van der Waals surface area contributed by atoms with Gasteiger partial charge in [-0.2, -0.15) is 8.78 Å². The van der Waals surface area contributed by atoms with Crippen LogP contribution in [0.5, 0.6) is 5.75 Å². The Kier molecular flexibility index (Phi) is 8.09. The second-order valence-corrected chi connectivity index (χ2v) is 12.9. The fourth-order valence-electron chi connectivity index (χ4n) is 4.36. The molecule has 4 rings (SSSR count). The van der Waals surface area contributed by atoms with Crippen LogP contribution >= 0.6 is 0 Å². The van der Waals surface area contributed by atoms with Gasteiger partial charge in [0.1, 0.15) is 17.4 Å². The van der Waals surface area contributed by atoms with Gasteiger partial charge in [0.05, 0.1) is 22.9 Å². The summed E-state index contributed by atoms with van der Waals surface area (Å²) in [5.41, 5.74) is -0.839. The van der Waals surface area contributed by atoms with Crippen molar-refractivity contribution in [1.82, 2.24) is 5.32 Å². The van der Waals surface area contributed by atoms with E-state index in [2.05, 4.69) is 10.1 Å². The highest BCUT2D eigenvalue weighted by Crippen LogP contribution is 2.51. The number of nitrogens with zero attached hydrogens (tertiary/aromatic N) is 1. The molecule has 0 bridgehead atoms. The van der Waals surface area contributed by atoms with Gasteiger partial charge in [-0.25, -0.2) is 22.0 Å². The number of carbonyl (C=O) groups excluding carboxylic acids is 3. The van der Waals surface area contributed by atoms with Crippen molar-refractivity contribution in [3.63, 3.8) is 0 Å². The summed E-state index contributed by atoms with van der Waals surface area (Å²) in [5.74, 6) is -6.54. The van der Waals surface area contributed by atoms with Gasteiger partial charge in [-0.15, -0.1) is 0 Å². The summed E-state index contributed by atoms with van der Waals surface area (Å²) in [6.07, 6.45) is -1.92. The number of alkyl halides is 4. The molecule has 0 aromatic heterocycles. The third-order valence-corrected chi connectivity index (χ3v) is 8.21. The Morgan fingerprint density at radius 3 is 2.32 bits per heavy atom. The standard InChI is InChI=1S/C27H28F4N2O7S/c1-26(2,3)40-25(36)32-19-14-41(37,38)22-9-6-16(21(34)11-17-12-27(17,30)31)10-20(22)33(23(19)35)13-15-4-7-18(8-5-15)39-24(28)29/h4-10,17,19,24H,11-14H2,1-3H3,(H,32,36)/t17-,19+/m1/s1. The normalized spacial score (nSPS) is 21.1. The molecule has 1 saturated carbocycles. The Balaban J connectivity index is 1.72. The minimum atomic E-state index is -4.23. The zero-order chi connectivity index (χ0) is 30.3. The Morgan fingerprint density at radius 1 is 1.12 bits per heavy atom. The number of Topliss-reactive ketones (excluding diaryl/α,β-unsaturated/α-hetero) is 1. The highest BCUT2D eigenvalue weighted by atomic mass is 32.2. The van der Waals surface area contributed by atoms with E-state index in [0.717, 1.165) is 17.0 Å². The number of alkyl carbamates (subject to hydrolysis) is 1. The second kappa shape index (κ2) is 11.0. The molecular formula is C27H28F4N2O7S. The zero-order valence-corrected chi connectivity index (χ0v) is 23.1. The number of hydrogen-bond donors (Lipinski definition) is 1. The van der Waals surface area contributed by atoms with Gasteiger partial charge in [-0.05, 0) is 56.7 Å². The van der Waals surface area contributed by atoms with Gasteiger partial charge < -0.3 is 19.7 Å². The van der Waals surface area contributed by atoms with Crippen molar-refractivity contribution in [2.75, 3.05) is 10.7 Å². The zero-order valence-electron chi connectivity index (χ0n) is 22.3. The highest BCUT2D eigenvalue weighted by Gasteiger charge is 2.57. The molecule has 0 radical (unpaired) electrons. The molecule has 1 fully saturated rings. The molecule has 14 heteroatoms. The van der Waals surface area contributed by atoms with Crippen molar-refractivity contribution in [2.24, 2.45) is 5.92 Å². The summed E-state index contributed by atoms with van der Waals surface area (Å²) < 4.78 is 88.2. The lowest BCUT2D eigenvalue weighted by atomic mass is 10.0. The van der Waals surface area contributed by atoms with E-state index in [0.29, 0.717) is 5.56 Å². The maximum atomic E-state index is 13.8. The summed E-state index contributed by atoms with van der Waals surface area (Å²) in [5, 5.41) is 2.30. The van der Waals surface area contributed by atoms with Crippen LogP contribution in [-0.4, -0.2) is 56.1 Å². The number of hydrogen-bond acceptors (Lipinski definition) is 7. The maximum Gasteiger partial charge on any atom is 0.408 e. The van der Waals surface area contributed by atoms with Crippen LogP contribution in [0.25, 0.3) is 0 Å². The van der Waals surface area contributed by atoms with E-state index >= 15 is 0 Å². The summed E-state index contributed by atoms with van der Waals surface area (Å²) in [6.45, 7) is 1.39. The number of nitrogens with one attached hydrogen (secondary N) is 1. The fourth-order valence-corrected chi connectivity index (χ4v) is 5.97. The van der Waals surface area contributed by atoms with Gasteiger partial charge in [0, 0.05) is 24.3 Å². The number of carbonyl (C=O) groups is 3. The molecule has 0 unspecified atom stereocenters. The number of anilines is 1. The second-order valence-electron chi connectivity index (χ2n) is 10.9. The SMILES string of the molecule is CC(C)(C)OC(=O)N[C@H]1CS(=O)(=O)c2ccc(C(=O)C[C@@H]3CC3(F)F)cc2N(Cc2ccc(OC(F)F)cc2)C1=O. The van der Waals surface area contributed by atoms with E-state index in [-0.39, 0.29) is 28.4 Å². The first kappa shape index (κ1) is 30.3. The first-order chi connectivity index (χ1) is 18.9. The minimum Gasteiger partial charge on any atom is -0.444 e. The number of ether oxygens (including phenoxy) is 2. The third-order valence-electron chi connectivity index (χ3n) is 6.42. The molecule has 2 atom stereocenters. The van der Waals surface area contributed by atoms with Gasteiger partial charge in [0.25, 0.3) is 11.8 Å². The Labute approximate surface area is 233 Å². The van der Waals surface area contributed by atoms with E-state index in [1.54, 1.807) is 20.8 Å². The number of rotatable bonds is 8. The predicted octanol–water partition coefficient (Wildman–Crippen LogP) is 4.73. The molecule has 0 spiro atoms. The van der Waals surface area contributed by atoms with Crippen LogP contribution in [0.4, 0.5) is 28.0 Å². The van der Waals surface area contributed by atoms with E-state index in [9.17, 15) is 40.4 Å². The third kappa shape index (κ3) is 7.34. The summed E-state index contributed by atoms with van der Waals surface area (Å²) in [7, 11) is -4.23. The molecule has 41 heavy (non-hydrogen) atoms. The molecule has 1 aliphatic heterocycles. The predicted molar refractivity (Wildman–Crippen MR) is 138 cm³/mol. The molecule has 2 aromatic rings.